The molecule has 2 N–H and O–H groups in total. The molecule has 94 valence electrons. The molecule has 0 amide bonds. The molecule has 2 rings (SSSR count). The Labute approximate surface area is 116 Å². The van der Waals surface area contributed by atoms with Crippen molar-refractivity contribution in [2.24, 2.45) is 11.7 Å². The van der Waals surface area contributed by atoms with Gasteiger partial charge in [0.05, 0.1) is 5.03 Å². The smallest absolute Gasteiger partial charge is 0.0963 e. The second kappa shape index (κ2) is 6.76. The average molecular weight is 315 g/mol. The van der Waals surface area contributed by atoms with E-state index in [1.807, 2.05) is 18.0 Å². The molecule has 1 aromatic heterocycles. The lowest BCUT2D eigenvalue weighted by molar-refractivity contribution is 0.483. The number of nitrogens with zero attached hydrogens (tertiary/aromatic N) is 1. The molecule has 0 saturated heterocycles. The zero-order valence-electron chi connectivity index (χ0n) is 9.94. The molecule has 1 aromatic rings. The summed E-state index contributed by atoms with van der Waals surface area (Å²) in [5.74, 6) is 0.660. The predicted octanol–water partition coefficient (Wildman–Crippen LogP) is 3.84. The fourth-order valence-corrected chi connectivity index (χ4v) is 3.89. The first kappa shape index (κ1) is 13.4. The maximum Gasteiger partial charge on any atom is 0.0963 e. The molecule has 1 fully saturated rings. The minimum atomic E-state index is 0.649. The van der Waals surface area contributed by atoms with Gasteiger partial charge in [-0.25, -0.2) is 4.98 Å². The summed E-state index contributed by atoms with van der Waals surface area (Å²) in [5, 5.41) is 1.77. The van der Waals surface area contributed by atoms with E-state index in [2.05, 4.69) is 33.0 Å². The molecule has 2 nitrogen and oxygen atoms in total. The predicted molar refractivity (Wildman–Crippen MR) is 77.2 cm³/mol. The highest BCUT2D eigenvalue weighted by Gasteiger charge is 2.23. The number of nitrogens with two attached hydrogens (primary N) is 1. The Hall–Kier alpha value is -0.0600. The summed E-state index contributed by atoms with van der Waals surface area (Å²) >= 11 is 5.32. The van der Waals surface area contributed by atoms with E-state index in [1.54, 1.807) is 0 Å². The van der Waals surface area contributed by atoms with Crippen LogP contribution in [-0.2, 0) is 0 Å². The molecule has 0 aromatic carbocycles. The van der Waals surface area contributed by atoms with Gasteiger partial charge >= 0.3 is 0 Å². The van der Waals surface area contributed by atoms with Crippen molar-refractivity contribution in [3.63, 3.8) is 0 Å². The third-order valence-electron chi connectivity index (χ3n) is 3.36. The summed E-state index contributed by atoms with van der Waals surface area (Å²) < 4.78 is 1.04. The molecule has 2 unspecified atom stereocenters. The molecule has 1 heterocycles. The number of thioether (sulfide) groups is 1. The van der Waals surface area contributed by atoms with E-state index in [0.29, 0.717) is 11.2 Å². The van der Waals surface area contributed by atoms with Gasteiger partial charge in [-0.15, -0.1) is 11.8 Å². The third kappa shape index (κ3) is 3.97. The van der Waals surface area contributed by atoms with Crippen molar-refractivity contribution in [2.75, 3.05) is 6.54 Å². The van der Waals surface area contributed by atoms with Gasteiger partial charge in [0.1, 0.15) is 0 Å². The number of rotatable bonds is 3. The van der Waals surface area contributed by atoms with Crippen LogP contribution in [-0.4, -0.2) is 16.8 Å². The summed E-state index contributed by atoms with van der Waals surface area (Å²) in [6.07, 6.45) is 8.48. The van der Waals surface area contributed by atoms with E-state index in [-0.39, 0.29) is 0 Å². The average Bonchev–Trinajstić information content (AvgIpc) is 2.57. The van der Waals surface area contributed by atoms with E-state index in [0.717, 1.165) is 16.0 Å². The number of aromatic nitrogens is 1. The van der Waals surface area contributed by atoms with Crippen LogP contribution in [0.25, 0.3) is 0 Å². The Morgan fingerprint density at radius 1 is 1.29 bits per heavy atom. The van der Waals surface area contributed by atoms with Crippen LogP contribution < -0.4 is 5.73 Å². The fraction of sp³-hybridized carbons (Fsp3) is 0.615. The summed E-state index contributed by atoms with van der Waals surface area (Å²) in [6, 6.07) is 4.15. The molecular weight excluding hydrogens is 296 g/mol. The molecule has 4 heteroatoms. The van der Waals surface area contributed by atoms with Crippen LogP contribution in [0.15, 0.2) is 27.8 Å². The second-order valence-electron chi connectivity index (χ2n) is 4.60. The second-order valence-corrected chi connectivity index (χ2v) is 6.78. The van der Waals surface area contributed by atoms with Gasteiger partial charge in [-0.2, -0.15) is 0 Å². The monoisotopic (exact) mass is 314 g/mol. The van der Waals surface area contributed by atoms with Crippen LogP contribution in [0, 0.1) is 5.92 Å². The lowest BCUT2D eigenvalue weighted by Gasteiger charge is -2.22. The summed E-state index contributed by atoms with van der Waals surface area (Å²) in [7, 11) is 0. The van der Waals surface area contributed by atoms with Crippen molar-refractivity contribution >= 4 is 27.7 Å². The molecule has 0 bridgehead atoms. The minimum Gasteiger partial charge on any atom is -0.330 e. The summed E-state index contributed by atoms with van der Waals surface area (Å²) in [4.78, 5) is 4.45. The highest BCUT2D eigenvalue weighted by atomic mass is 79.9. The molecule has 0 radical (unpaired) electrons. The Kier molecular flexibility index (Phi) is 5.32. The fourth-order valence-electron chi connectivity index (χ4n) is 2.36. The van der Waals surface area contributed by atoms with Gasteiger partial charge in [0.2, 0.25) is 0 Å². The molecule has 0 aliphatic heterocycles. The van der Waals surface area contributed by atoms with Crippen LogP contribution in [0.5, 0.6) is 0 Å². The lowest BCUT2D eigenvalue weighted by Crippen LogP contribution is -2.24. The van der Waals surface area contributed by atoms with E-state index in [9.17, 15) is 0 Å². The van der Waals surface area contributed by atoms with Crippen LogP contribution in [0.2, 0.25) is 0 Å². The van der Waals surface area contributed by atoms with E-state index < -0.39 is 0 Å². The zero-order chi connectivity index (χ0) is 12.1. The number of halogens is 1. The van der Waals surface area contributed by atoms with Gasteiger partial charge in [0.15, 0.2) is 0 Å². The van der Waals surface area contributed by atoms with Crippen LogP contribution in [0.1, 0.15) is 32.1 Å². The summed E-state index contributed by atoms with van der Waals surface area (Å²) in [6.45, 7) is 0.814. The van der Waals surface area contributed by atoms with Crippen molar-refractivity contribution in [3.05, 3.63) is 22.8 Å². The quantitative estimate of drug-likeness (QED) is 0.861. The molecule has 2 atom stereocenters. The maximum absolute atomic E-state index is 5.90. The highest BCUT2D eigenvalue weighted by molar-refractivity contribution is 9.10. The Balaban J connectivity index is 2.01. The topological polar surface area (TPSA) is 38.9 Å². The standard InChI is InChI=1S/C13H19BrN2S/c14-11-6-7-13(16-9-11)17-12-5-3-1-2-4-10(12)8-15/h6-7,9-10,12H,1-5,8,15H2. The highest BCUT2D eigenvalue weighted by Crippen LogP contribution is 2.35. The Morgan fingerprint density at radius 3 is 2.82 bits per heavy atom. The zero-order valence-corrected chi connectivity index (χ0v) is 12.3. The third-order valence-corrected chi connectivity index (χ3v) is 5.24. The molecule has 0 spiro atoms. The van der Waals surface area contributed by atoms with Crippen molar-refractivity contribution in [2.45, 2.75) is 42.4 Å². The molecule has 1 aliphatic rings. The van der Waals surface area contributed by atoms with E-state index in [4.69, 9.17) is 5.73 Å². The van der Waals surface area contributed by atoms with Crippen LogP contribution >= 0.6 is 27.7 Å². The lowest BCUT2D eigenvalue weighted by atomic mass is 10.0. The van der Waals surface area contributed by atoms with Gasteiger partial charge in [-0.3, -0.25) is 0 Å². The number of hydrogen-bond acceptors (Lipinski definition) is 3. The maximum atomic E-state index is 5.90. The normalized spacial score (nSPS) is 25.5. The first-order chi connectivity index (χ1) is 8.29. The minimum absolute atomic E-state index is 0.649. The van der Waals surface area contributed by atoms with Crippen molar-refractivity contribution in [1.82, 2.24) is 4.98 Å². The van der Waals surface area contributed by atoms with Gasteiger partial charge in [0, 0.05) is 15.9 Å². The SMILES string of the molecule is NCC1CCCCCC1Sc1ccc(Br)cn1. The van der Waals surface area contributed by atoms with Crippen molar-refractivity contribution < 1.29 is 0 Å². The number of hydrogen-bond donors (Lipinski definition) is 1. The van der Waals surface area contributed by atoms with Gasteiger partial charge in [-0.1, -0.05) is 19.3 Å². The summed E-state index contributed by atoms with van der Waals surface area (Å²) in [5.41, 5.74) is 5.90. The van der Waals surface area contributed by atoms with Crippen LogP contribution in [0.3, 0.4) is 0 Å². The van der Waals surface area contributed by atoms with Gasteiger partial charge < -0.3 is 5.73 Å². The first-order valence-corrected chi connectivity index (χ1v) is 7.95. The van der Waals surface area contributed by atoms with Crippen molar-refractivity contribution in [3.8, 4) is 0 Å². The van der Waals surface area contributed by atoms with E-state index >= 15 is 0 Å². The molecule has 1 aliphatic carbocycles. The molecule has 17 heavy (non-hydrogen) atoms. The number of pyridine rings is 1. The van der Waals surface area contributed by atoms with Crippen molar-refractivity contribution in [1.29, 1.82) is 0 Å². The largest absolute Gasteiger partial charge is 0.330 e. The Bertz CT molecular complexity index is 342. The van der Waals surface area contributed by atoms with Crippen LogP contribution in [0.4, 0.5) is 0 Å². The molecule has 1 saturated carbocycles. The first-order valence-electron chi connectivity index (χ1n) is 6.28. The van der Waals surface area contributed by atoms with E-state index in [1.165, 1.54) is 32.1 Å². The van der Waals surface area contributed by atoms with Gasteiger partial charge in [-0.05, 0) is 53.4 Å². The molecular formula is C13H19BrN2S. The Morgan fingerprint density at radius 2 is 2.12 bits per heavy atom. The van der Waals surface area contributed by atoms with Gasteiger partial charge in [0.25, 0.3) is 0 Å².